The molecule has 1 saturated heterocycles. The maximum atomic E-state index is 11.8. The molecule has 126 valence electrons. The van der Waals surface area contributed by atoms with Crippen molar-refractivity contribution in [3.05, 3.63) is 0 Å². The molecule has 1 fully saturated rings. The number of amides is 2. The van der Waals surface area contributed by atoms with Crippen LogP contribution in [0.25, 0.3) is 0 Å². The zero-order valence-corrected chi connectivity index (χ0v) is 13.3. The van der Waals surface area contributed by atoms with E-state index in [9.17, 15) is 22.8 Å². The predicted octanol–water partition coefficient (Wildman–Crippen LogP) is -0.526. The molecule has 1 rings (SSSR count). The Hall–Kier alpha value is -1.68. The topological polar surface area (TPSA) is 119 Å². The number of piperidine rings is 1. The van der Waals surface area contributed by atoms with Crippen molar-refractivity contribution >= 4 is 28.0 Å². The second-order valence-electron chi connectivity index (χ2n) is 4.81. The lowest BCUT2D eigenvalue weighted by Crippen LogP contribution is -2.41. The quantitative estimate of drug-likeness (QED) is 0.670. The van der Waals surface area contributed by atoms with Gasteiger partial charge in [-0.15, -0.1) is 0 Å². The normalized spacial score (nSPS) is 16.8. The van der Waals surface area contributed by atoms with Gasteiger partial charge >= 0.3 is 12.1 Å². The zero-order valence-electron chi connectivity index (χ0n) is 12.5. The van der Waals surface area contributed by atoms with E-state index < -0.39 is 40.5 Å². The molecule has 0 aromatic heterocycles. The van der Waals surface area contributed by atoms with E-state index >= 15 is 0 Å². The molecule has 0 saturated carbocycles. The van der Waals surface area contributed by atoms with Crippen molar-refractivity contribution in [2.24, 2.45) is 5.92 Å². The Morgan fingerprint density at radius 2 is 1.77 bits per heavy atom. The highest BCUT2D eigenvalue weighted by molar-refractivity contribution is 7.88. The van der Waals surface area contributed by atoms with Crippen LogP contribution in [0.2, 0.25) is 0 Å². The summed E-state index contributed by atoms with van der Waals surface area (Å²) >= 11 is 0. The second-order valence-corrected chi connectivity index (χ2v) is 6.80. The van der Waals surface area contributed by atoms with Gasteiger partial charge in [-0.1, -0.05) is 0 Å². The number of esters is 1. The van der Waals surface area contributed by atoms with Crippen molar-refractivity contribution in [3.63, 3.8) is 0 Å². The SMILES string of the molecule is CCOC(=O)NC(=O)COC(=O)C1CCN(S(C)(=O)=O)CC1. The van der Waals surface area contributed by atoms with Crippen LogP contribution in [0.4, 0.5) is 4.79 Å². The molecule has 10 heteroatoms. The third kappa shape index (κ3) is 5.98. The fraction of sp³-hybridized carbons (Fsp3) is 0.750. The van der Waals surface area contributed by atoms with Crippen LogP contribution in [0.5, 0.6) is 0 Å². The van der Waals surface area contributed by atoms with Gasteiger partial charge in [0.05, 0.1) is 18.8 Å². The number of nitrogens with zero attached hydrogens (tertiary/aromatic N) is 1. The van der Waals surface area contributed by atoms with Gasteiger partial charge in [-0.05, 0) is 19.8 Å². The van der Waals surface area contributed by atoms with Gasteiger partial charge in [0, 0.05) is 13.1 Å². The number of imide groups is 1. The predicted molar refractivity (Wildman–Crippen MR) is 75.3 cm³/mol. The van der Waals surface area contributed by atoms with Crippen molar-refractivity contribution in [1.29, 1.82) is 0 Å². The average molecular weight is 336 g/mol. The number of nitrogens with one attached hydrogen (secondary N) is 1. The van der Waals surface area contributed by atoms with Gasteiger partial charge in [0.25, 0.3) is 5.91 Å². The first-order valence-corrected chi connectivity index (χ1v) is 8.67. The summed E-state index contributed by atoms with van der Waals surface area (Å²) in [5.41, 5.74) is 0. The highest BCUT2D eigenvalue weighted by Crippen LogP contribution is 2.20. The molecule has 22 heavy (non-hydrogen) atoms. The summed E-state index contributed by atoms with van der Waals surface area (Å²) in [5.74, 6) is -1.80. The third-order valence-corrected chi connectivity index (χ3v) is 4.42. The first-order valence-electron chi connectivity index (χ1n) is 6.82. The Morgan fingerprint density at radius 1 is 1.18 bits per heavy atom. The Bertz CT molecular complexity index is 524. The van der Waals surface area contributed by atoms with E-state index in [2.05, 4.69) is 4.74 Å². The maximum Gasteiger partial charge on any atom is 0.413 e. The van der Waals surface area contributed by atoms with Gasteiger partial charge in [-0.2, -0.15) is 0 Å². The molecule has 0 aromatic carbocycles. The number of carbonyl (C=O) groups excluding carboxylic acids is 3. The van der Waals surface area contributed by atoms with Gasteiger partial charge in [0.2, 0.25) is 10.0 Å². The van der Waals surface area contributed by atoms with Gasteiger partial charge in [0.1, 0.15) is 0 Å². The average Bonchev–Trinajstić information content (AvgIpc) is 2.44. The number of carbonyl (C=O) groups is 3. The molecule has 0 aliphatic carbocycles. The van der Waals surface area contributed by atoms with Crippen molar-refractivity contribution in [3.8, 4) is 0 Å². The van der Waals surface area contributed by atoms with Crippen LogP contribution >= 0.6 is 0 Å². The van der Waals surface area contributed by atoms with Crippen molar-refractivity contribution < 1.29 is 32.3 Å². The van der Waals surface area contributed by atoms with Crippen molar-refractivity contribution in [1.82, 2.24) is 9.62 Å². The van der Waals surface area contributed by atoms with E-state index in [4.69, 9.17) is 4.74 Å². The highest BCUT2D eigenvalue weighted by atomic mass is 32.2. The lowest BCUT2D eigenvalue weighted by atomic mass is 9.98. The second kappa shape index (κ2) is 8.08. The van der Waals surface area contributed by atoms with Crippen molar-refractivity contribution in [2.75, 3.05) is 32.6 Å². The molecular formula is C12H20N2O7S. The Balaban J connectivity index is 2.32. The number of ether oxygens (including phenoxy) is 2. The van der Waals surface area contributed by atoms with E-state index in [-0.39, 0.29) is 19.7 Å². The van der Waals surface area contributed by atoms with Crippen LogP contribution in [0.15, 0.2) is 0 Å². The monoisotopic (exact) mass is 336 g/mol. The lowest BCUT2D eigenvalue weighted by molar-refractivity contribution is -0.153. The van der Waals surface area contributed by atoms with Crippen LogP contribution in [-0.4, -0.2) is 63.3 Å². The summed E-state index contributed by atoms with van der Waals surface area (Å²) < 4.78 is 33.3. The largest absolute Gasteiger partial charge is 0.455 e. The molecule has 0 atom stereocenters. The van der Waals surface area contributed by atoms with Crippen LogP contribution in [0.3, 0.4) is 0 Å². The van der Waals surface area contributed by atoms with E-state index in [1.54, 1.807) is 6.92 Å². The summed E-state index contributed by atoms with van der Waals surface area (Å²) in [6, 6.07) is 0. The number of sulfonamides is 1. The maximum absolute atomic E-state index is 11.8. The molecule has 1 heterocycles. The molecule has 1 N–H and O–H groups in total. The van der Waals surface area contributed by atoms with E-state index in [1.807, 2.05) is 5.32 Å². The molecule has 0 spiro atoms. The molecule has 9 nitrogen and oxygen atoms in total. The summed E-state index contributed by atoms with van der Waals surface area (Å²) in [4.78, 5) is 34.1. The Labute approximate surface area is 129 Å². The lowest BCUT2D eigenvalue weighted by Gasteiger charge is -2.28. The molecular weight excluding hydrogens is 316 g/mol. The smallest absolute Gasteiger partial charge is 0.413 e. The number of alkyl carbamates (subject to hydrolysis) is 1. The molecule has 1 aliphatic rings. The summed E-state index contributed by atoms with van der Waals surface area (Å²) in [7, 11) is -3.25. The fourth-order valence-electron chi connectivity index (χ4n) is 1.99. The zero-order chi connectivity index (χ0) is 16.8. The molecule has 0 radical (unpaired) electrons. The number of hydrogen-bond donors (Lipinski definition) is 1. The van der Waals surface area contributed by atoms with E-state index in [0.29, 0.717) is 12.8 Å². The summed E-state index contributed by atoms with van der Waals surface area (Å²) in [6.45, 7) is 1.62. The van der Waals surface area contributed by atoms with Gasteiger partial charge in [-0.3, -0.25) is 14.9 Å². The van der Waals surface area contributed by atoms with Gasteiger partial charge in [0.15, 0.2) is 6.61 Å². The van der Waals surface area contributed by atoms with Crippen LogP contribution in [0.1, 0.15) is 19.8 Å². The van der Waals surface area contributed by atoms with Gasteiger partial charge in [-0.25, -0.2) is 17.5 Å². The first kappa shape index (κ1) is 18.4. The summed E-state index contributed by atoms with van der Waals surface area (Å²) in [5, 5.41) is 1.90. The Kier molecular flexibility index (Phi) is 6.75. The van der Waals surface area contributed by atoms with E-state index in [1.165, 1.54) is 4.31 Å². The minimum absolute atomic E-state index is 0.123. The number of rotatable bonds is 5. The van der Waals surface area contributed by atoms with Crippen molar-refractivity contribution in [2.45, 2.75) is 19.8 Å². The molecule has 0 unspecified atom stereocenters. The molecule has 0 bridgehead atoms. The van der Waals surface area contributed by atoms with Crippen LogP contribution in [-0.2, 0) is 29.1 Å². The fourth-order valence-corrected chi connectivity index (χ4v) is 2.87. The number of hydrogen-bond acceptors (Lipinski definition) is 7. The molecule has 1 aliphatic heterocycles. The Morgan fingerprint density at radius 3 is 2.27 bits per heavy atom. The minimum atomic E-state index is -3.25. The van der Waals surface area contributed by atoms with Crippen LogP contribution < -0.4 is 5.32 Å². The minimum Gasteiger partial charge on any atom is -0.455 e. The highest BCUT2D eigenvalue weighted by Gasteiger charge is 2.30. The molecule has 2 amide bonds. The first-order chi connectivity index (χ1) is 10.2. The van der Waals surface area contributed by atoms with Crippen LogP contribution in [0, 0.1) is 5.92 Å². The van der Waals surface area contributed by atoms with E-state index in [0.717, 1.165) is 6.26 Å². The standard InChI is InChI=1S/C12H20N2O7S/c1-3-20-12(17)13-10(15)8-21-11(16)9-4-6-14(7-5-9)22(2,18)19/h9H,3-8H2,1-2H3,(H,13,15,17). The van der Waals surface area contributed by atoms with Gasteiger partial charge < -0.3 is 9.47 Å². The molecule has 0 aromatic rings. The third-order valence-electron chi connectivity index (χ3n) is 3.12. The summed E-state index contributed by atoms with van der Waals surface area (Å²) in [6.07, 6.45) is 0.896.